The predicted octanol–water partition coefficient (Wildman–Crippen LogP) is 10.8. The van der Waals surface area contributed by atoms with Crippen LogP contribution in [0.3, 0.4) is 0 Å². The minimum Gasteiger partial charge on any atom is -0.345 e. The molecule has 0 aliphatic heterocycles. The van der Waals surface area contributed by atoms with Gasteiger partial charge in [0.2, 0.25) is 6.41 Å². The molecule has 1 amide bonds. The number of rotatable bonds is 29. The van der Waals surface area contributed by atoms with Crippen molar-refractivity contribution >= 4 is 6.41 Å². The maximum Gasteiger partial charge on any atom is 0.209 e. The lowest BCUT2D eigenvalue weighted by Crippen LogP contribution is -2.24. The number of allylic oxidation sites excluding steroid dienone is 2. The smallest absolute Gasteiger partial charge is 0.209 e. The second kappa shape index (κ2) is 30.2. The van der Waals surface area contributed by atoms with Crippen molar-refractivity contribution in [2.45, 2.75) is 174 Å². The first-order chi connectivity index (χ1) is 16.8. The van der Waals surface area contributed by atoms with Crippen LogP contribution >= 0.6 is 0 Å². The van der Waals surface area contributed by atoms with Gasteiger partial charge in [0.1, 0.15) is 0 Å². The van der Waals surface area contributed by atoms with Crippen LogP contribution in [0.5, 0.6) is 0 Å². The standard InChI is InChI=1S/C32H63NO/c1-3-5-7-9-11-13-15-16-17-18-19-21-23-25-27-29-31-33(32-34)30-28-26-24-22-20-14-12-10-8-6-4-2/h16-17,32H,3-15,18-31H2,1-2H3/b17-16-. The van der Waals surface area contributed by atoms with Crippen LogP contribution in [-0.4, -0.2) is 24.4 Å². The Morgan fingerprint density at radius 3 is 1.03 bits per heavy atom. The van der Waals surface area contributed by atoms with Gasteiger partial charge >= 0.3 is 0 Å². The van der Waals surface area contributed by atoms with Crippen LogP contribution in [0.2, 0.25) is 0 Å². The average Bonchev–Trinajstić information content (AvgIpc) is 2.85. The highest BCUT2D eigenvalue weighted by atomic mass is 16.1. The third kappa shape index (κ3) is 27.5. The Kier molecular flexibility index (Phi) is 29.5. The molecule has 0 heterocycles. The third-order valence-electron chi connectivity index (χ3n) is 7.16. The maximum absolute atomic E-state index is 11.3. The summed E-state index contributed by atoms with van der Waals surface area (Å²) >= 11 is 0. The molecular weight excluding hydrogens is 414 g/mol. The fraction of sp³-hybridized carbons (Fsp3) is 0.906. The van der Waals surface area contributed by atoms with Gasteiger partial charge in [-0.05, 0) is 38.5 Å². The molecule has 0 radical (unpaired) electrons. The Hall–Kier alpha value is -0.790. The summed E-state index contributed by atoms with van der Waals surface area (Å²) < 4.78 is 0. The van der Waals surface area contributed by atoms with E-state index in [9.17, 15) is 4.79 Å². The molecule has 0 saturated carbocycles. The molecule has 34 heavy (non-hydrogen) atoms. The van der Waals surface area contributed by atoms with E-state index in [2.05, 4.69) is 26.0 Å². The van der Waals surface area contributed by atoms with Crippen LogP contribution in [0.4, 0.5) is 0 Å². The van der Waals surface area contributed by atoms with Crippen molar-refractivity contribution in [3.8, 4) is 0 Å². The number of hydrogen-bond acceptors (Lipinski definition) is 1. The molecule has 0 saturated heterocycles. The number of nitrogens with zero attached hydrogens (tertiary/aromatic N) is 1. The van der Waals surface area contributed by atoms with E-state index in [0.29, 0.717) is 0 Å². The molecule has 2 nitrogen and oxygen atoms in total. The Bertz CT molecular complexity index is 406. The van der Waals surface area contributed by atoms with E-state index in [1.54, 1.807) is 0 Å². The van der Waals surface area contributed by atoms with E-state index in [-0.39, 0.29) is 0 Å². The lowest BCUT2D eigenvalue weighted by atomic mass is 10.1. The molecule has 0 bridgehead atoms. The first-order valence-electron chi connectivity index (χ1n) is 15.7. The first-order valence-corrected chi connectivity index (χ1v) is 15.7. The molecular formula is C32H63NO. The van der Waals surface area contributed by atoms with Gasteiger partial charge in [0.25, 0.3) is 0 Å². The van der Waals surface area contributed by atoms with Crippen LogP contribution in [0.15, 0.2) is 12.2 Å². The molecule has 0 unspecified atom stereocenters. The van der Waals surface area contributed by atoms with Crippen LogP contribution < -0.4 is 0 Å². The first kappa shape index (κ1) is 33.2. The SMILES string of the molecule is CCCCCCCC/C=C\CCCCCCCCN(C=O)CCCCCCCCCCCCC. The summed E-state index contributed by atoms with van der Waals surface area (Å²) in [5, 5.41) is 0. The van der Waals surface area contributed by atoms with E-state index in [1.807, 2.05) is 4.90 Å². The second-order valence-electron chi connectivity index (χ2n) is 10.6. The molecule has 0 aromatic heterocycles. The molecule has 202 valence electrons. The lowest BCUT2D eigenvalue weighted by molar-refractivity contribution is -0.118. The largest absolute Gasteiger partial charge is 0.345 e. The zero-order valence-electron chi connectivity index (χ0n) is 23.7. The molecule has 0 aliphatic carbocycles. The van der Waals surface area contributed by atoms with Gasteiger partial charge in [0.05, 0.1) is 0 Å². The fourth-order valence-electron chi connectivity index (χ4n) is 4.76. The van der Waals surface area contributed by atoms with Crippen molar-refractivity contribution in [2.75, 3.05) is 13.1 Å². The highest BCUT2D eigenvalue weighted by Gasteiger charge is 2.01. The molecule has 0 aromatic rings. The quantitative estimate of drug-likeness (QED) is 0.0595. The monoisotopic (exact) mass is 477 g/mol. The van der Waals surface area contributed by atoms with Crippen LogP contribution in [-0.2, 0) is 4.79 Å². The van der Waals surface area contributed by atoms with Crippen molar-refractivity contribution in [3.63, 3.8) is 0 Å². The number of carbonyl (C=O) groups is 1. The van der Waals surface area contributed by atoms with Crippen molar-refractivity contribution < 1.29 is 4.79 Å². The average molecular weight is 478 g/mol. The zero-order chi connectivity index (χ0) is 24.8. The van der Waals surface area contributed by atoms with Gasteiger partial charge in [0.15, 0.2) is 0 Å². The van der Waals surface area contributed by atoms with E-state index in [0.717, 1.165) is 19.5 Å². The predicted molar refractivity (Wildman–Crippen MR) is 154 cm³/mol. The fourth-order valence-corrected chi connectivity index (χ4v) is 4.76. The van der Waals surface area contributed by atoms with E-state index in [1.165, 1.54) is 161 Å². The summed E-state index contributed by atoms with van der Waals surface area (Å²) in [6, 6.07) is 0. The van der Waals surface area contributed by atoms with Gasteiger partial charge in [-0.2, -0.15) is 0 Å². The molecule has 2 heteroatoms. The molecule has 0 spiro atoms. The zero-order valence-corrected chi connectivity index (χ0v) is 23.7. The van der Waals surface area contributed by atoms with Crippen molar-refractivity contribution in [1.29, 1.82) is 0 Å². The third-order valence-corrected chi connectivity index (χ3v) is 7.16. The molecule has 0 atom stereocenters. The summed E-state index contributed by atoms with van der Waals surface area (Å²) in [6.45, 7) is 6.49. The van der Waals surface area contributed by atoms with E-state index < -0.39 is 0 Å². The van der Waals surface area contributed by atoms with Crippen LogP contribution in [0.1, 0.15) is 174 Å². The van der Waals surface area contributed by atoms with Gasteiger partial charge in [0, 0.05) is 13.1 Å². The highest BCUT2D eigenvalue weighted by Crippen LogP contribution is 2.12. The van der Waals surface area contributed by atoms with E-state index >= 15 is 0 Å². The number of carbonyl (C=O) groups excluding carboxylic acids is 1. The maximum atomic E-state index is 11.3. The summed E-state index contributed by atoms with van der Waals surface area (Å²) in [7, 11) is 0. The number of amides is 1. The molecule has 0 aromatic carbocycles. The minimum atomic E-state index is 0.961. The summed E-state index contributed by atoms with van der Waals surface area (Å²) in [4.78, 5) is 13.3. The van der Waals surface area contributed by atoms with Gasteiger partial charge in [-0.3, -0.25) is 4.79 Å². The molecule has 0 N–H and O–H groups in total. The Morgan fingerprint density at radius 1 is 0.412 bits per heavy atom. The summed E-state index contributed by atoms with van der Waals surface area (Å²) in [6.07, 6.45) is 39.7. The van der Waals surface area contributed by atoms with Crippen LogP contribution in [0, 0.1) is 0 Å². The summed E-state index contributed by atoms with van der Waals surface area (Å²) in [5.41, 5.74) is 0. The van der Waals surface area contributed by atoms with Gasteiger partial charge < -0.3 is 4.90 Å². The number of unbranched alkanes of at least 4 members (excludes halogenated alkanes) is 22. The second-order valence-corrected chi connectivity index (χ2v) is 10.6. The Morgan fingerprint density at radius 2 is 0.706 bits per heavy atom. The van der Waals surface area contributed by atoms with Crippen LogP contribution in [0.25, 0.3) is 0 Å². The van der Waals surface area contributed by atoms with Crippen molar-refractivity contribution in [3.05, 3.63) is 12.2 Å². The lowest BCUT2D eigenvalue weighted by Gasteiger charge is -2.17. The molecule has 0 fully saturated rings. The minimum absolute atomic E-state index is 0.961. The highest BCUT2D eigenvalue weighted by molar-refractivity contribution is 5.46. The molecule has 0 aliphatic rings. The van der Waals surface area contributed by atoms with Crippen molar-refractivity contribution in [2.24, 2.45) is 0 Å². The van der Waals surface area contributed by atoms with Gasteiger partial charge in [-0.15, -0.1) is 0 Å². The molecule has 0 rings (SSSR count). The number of hydrogen-bond donors (Lipinski definition) is 0. The topological polar surface area (TPSA) is 20.3 Å². The van der Waals surface area contributed by atoms with Gasteiger partial charge in [-0.1, -0.05) is 148 Å². The Balaban J connectivity index is 3.32. The van der Waals surface area contributed by atoms with Gasteiger partial charge in [-0.25, -0.2) is 0 Å². The summed E-state index contributed by atoms with van der Waals surface area (Å²) in [5.74, 6) is 0. The Labute approximate surface area is 215 Å². The normalized spacial score (nSPS) is 11.5. The van der Waals surface area contributed by atoms with Crippen molar-refractivity contribution in [1.82, 2.24) is 4.90 Å². The van der Waals surface area contributed by atoms with E-state index in [4.69, 9.17) is 0 Å².